The molecule has 0 aliphatic rings. The molecule has 0 saturated carbocycles. The van der Waals surface area contributed by atoms with E-state index in [4.69, 9.17) is 4.52 Å². The third kappa shape index (κ3) is 36.2. The highest BCUT2D eigenvalue weighted by atomic mass is 31.1. The summed E-state index contributed by atoms with van der Waals surface area (Å²) in [6, 6.07) is 0. The molecule has 0 bridgehead atoms. The number of hydrogen-bond acceptors (Lipinski definition) is 2. The molecule has 0 radical (unpaired) electrons. The Morgan fingerprint density at radius 3 is 0.846 bits per heavy atom. The molecule has 0 amide bonds. The minimum absolute atomic E-state index is 0.717. The largest absolute Gasteiger partial charge is 0.330 e. The van der Waals surface area contributed by atoms with Crippen molar-refractivity contribution in [3.05, 3.63) is 0 Å². The zero-order valence-corrected chi connectivity index (χ0v) is 28.4. The van der Waals surface area contributed by atoms with E-state index in [9.17, 15) is 4.57 Å². The van der Waals surface area contributed by atoms with Gasteiger partial charge in [-0.2, -0.15) is 0 Å². The van der Waals surface area contributed by atoms with Gasteiger partial charge in [0.1, 0.15) is 0 Å². The molecule has 3 heteroatoms. The Balaban J connectivity index is 3.14. The lowest BCUT2D eigenvalue weighted by Gasteiger charge is -2.06. The molecule has 0 saturated heterocycles. The maximum Gasteiger partial charge on any atom is 0.191 e. The van der Waals surface area contributed by atoms with Crippen molar-refractivity contribution in [2.75, 3.05) is 12.8 Å². The number of hydrogen-bond donors (Lipinski definition) is 0. The van der Waals surface area contributed by atoms with Crippen LogP contribution in [0.5, 0.6) is 0 Å². The first-order chi connectivity index (χ1) is 19.3. The van der Waals surface area contributed by atoms with Gasteiger partial charge < -0.3 is 4.52 Å². The smallest absolute Gasteiger partial charge is 0.191 e. The molecule has 0 spiro atoms. The number of rotatable bonds is 35. The first-order valence-corrected chi connectivity index (χ1v) is 20.0. The fourth-order valence-electron chi connectivity index (χ4n) is 5.73. The van der Waals surface area contributed by atoms with E-state index in [0.29, 0.717) is 0 Å². The van der Waals surface area contributed by atoms with Crippen LogP contribution in [-0.2, 0) is 9.09 Å². The van der Waals surface area contributed by atoms with Crippen molar-refractivity contribution in [1.29, 1.82) is 0 Å². The first-order valence-electron chi connectivity index (χ1n) is 18.5. The molecular formula is C36H75O2P. The molecular weight excluding hydrogens is 495 g/mol. The van der Waals surface area contributed by atoms with E-state index < -0.39 is 8.03 Å². The Morgan fingerprint density at radius 2 is 0.564 bits per heavy atom. The van der Waals surface area contributed by atoms with Crippen molar-refractivity contribution in [2.45, 2.75) is 219 Å². The Kier molecular flexibility index (Phi) is 36.4. The molecule has 0 aliphatic heterocycles. The summed E-state index contributed by atoms with van der Waals surface area (Å²) in [5, 5.41) is 0. The second-order valence-corrected chi connectivity index (χ2v) is 14.1. The summed E-state index contributed by atoms with van der Waals surface area (Å²) in [6.45, 7) is 5.30. The Hall–Kier alpha value is 0.190. The fourth-order valence-corrected chi connectivity index (χ4v) is 6.78. The lowest BCUT2D eigenvalue weighted by atomic mass is 10.0. The summed E-state index contributed by atoms with van der Waals surface area (Å²) < 4.78 is 17.7. The normalized spacial score (nSPS) is 12.4. The molecule has 0 aromatic heterocycles. The molecule has 0 rings (SSSR count). The zero-order chi connectivity index (χ0) is 28.3. The molecule has 0 aromatic rings. The van der Waals surface area contributed by atoms with Gasteiger partial charge in [-0.05, 0) is 12.8 Å². The lowest BCUT2D eigenvalue weighted by Crippen LogP contribution is -1.90. The van der Waals surface area contributed by atoms with Crippen LogP contribution in [0.4, 0.5) is 0 Å². The second-order valence-electron chi connectivity index (χ2n) is 12.6. The Labute approximate surface area is 248 Å². The van der Waals surface area contributed by atoms with Crippen LogP contribution in [0.25, 0.3) is 0 Å². The average Bonchev–Trinajstić information content (AvgIpc) is 2.94. The van der Waals surface area contributed by atoms with Crippen LogP contribution in [0.3, 0.4) is 0 Å². The summed E-state index contributed by atoms with van der Waals surface area (Å²) in [7, 11) is -1.78. The highest BCUT2D eigenvalue weighted by Crippen LogP contribution is 2.25. The minimum Gasteiger partial charge on any atom is -0.330 e. The predicted molar refractivity (Wildman–Crippen MR) is 179 cm³/mol. The summed E-state index contributed by atoms with van der Waals surface area (Å²) >= 11 is 0. The van der Waals surface area contributed by atoms with Crippen LogP contribution in [0.15, 0.2) is 0 Å². The summed E-state index contributed by atoms with van der Waals surface area (Å²) in [5.41, 5.74) is 0. The van der Waals surface area contributed by atoms with Gasteiger partial charge in [-0.15, -0.1) is 0 Å². The van der Waals surface area contributed by atoms with Gasteiger partial charge in [0.15, 0.2) is 8.03 Å². The molecule has 0 N–H and O–H groups in total. The van der Waals surface area contributed by atoms with Gasteiger partial charge in [-0.1, -0.05) is 206 Å². The molecule has 1 unspecified atom stereocenters. The molecule has 39 heavy (non-hydrogen) atoms. The van der Waals surface area contributed by atoms with Gasteiger partial charge in [-0.25, -0.2) is 0 Å². The van der Waals surface area contributed by atoms with Crippen molar-refractivity contribution in [3.63, 3.8) is 0 Å². The highest BCUT2D eigenvalue weighted by Gasteiger charge is 2.01. The first kappa shape index (κ1) is 39.2. The van der Waals surface area contributed by atoms with Gasteiger partial charge >= 0.3 is 0 Å². The van der Waals surface area contributed by atoms with E-state index in [1.54, 1.807) is 0 Å². The standard InChI is InChI=1S/C36H75O2P/c1-3-5-7-9-11-13-15-17-19-21-23-25-27-29-31-33-35-38-39(37)36-34-32-30-28-26-24-22-20-18-16-14-12-10-8-6-4-2/h39H,3-36H2,1-2H3. The Morgan fingerprint density at radius 1 is 0.333 bits per heavy atom. The highest BCUT2D eigenvalue weighted by molar-refractivity contribution is 7.39. The molecule has 0 aliphatic carbocycles. The van der Waals surface area contributed by atoms with Crippen LogP contribution in [0.1, 0.15) is 219 Å². The van der Waals surface area contributed by atoms with Gasteiger partial charge in [0.2, 0.25) is 0 Å². The third-order valence-corrected chi connectivity index (χ3v) is 9.78. The van der Waals surface area contributed by atoms with Crippen molar-refractivity contribution >= 4 is 8.03 Å². The number of unbranched alkanes of at least 4 members (excludes halogenated alkanes) is 30. The van der Waals surface area contributed by atoms with E-state index in [1.165, 1.54) is 193 Å². The van der Waals surface area contributed by atoms with Crippen LogP contribution in [-0.4, -0.2) is 12.8 Å². The van der Waals surface area contributed by atoms with E-state index >= 15 is 0 Å². The summed E-state index contributed by atoms with van der Waals surface area (Å²) in [4.78, 5) is 0. The van der Waals surface area contributed by atoms with E-state index in [0.717, 1.165) is 25.6 Å². The lowest BCUT2D eigenvalue weighted by molar-refractivity contribution is 0.315. The molecule has 2 nitrogen and oxygen atoms in total. The maximum absolute atomic E-state index is 12.1. The van der Waals surface area contributed by atoms with Crippen LogP contribution in [0.2, 0.25) is 0 Å². The molecule has 1 atom stereocenters. The van der Waals surface area contributed by atoms with E-state index in [1.807, 2.05) is 0 Å². The SMILES string of the molecule is CCCCCCCCCCCCCCCCCCO[PH](=O)CCCCCCCCCCCCCCCCCC. The molecule has 0 aromatic carbocycles. The maximum atomic E-state index is 12.1. The summed E-state index contributed by atoms with van der Waals surface area (Å²) in [5.74, 6) is 0. The van der Waals surface area contributed by atoms with Crippen molar-refractivity contribution in [3.8, 4) is 0 Å². The van der Waals surface area contributed by atoms with E-state index in [2.05, 4.69) is 13.8 Å². The van der Waals surface area contributed by atoms with Gasteiger partial charge in [0.05, 0.1) is 6.61 Å². The Bertz CT molecular complexity index is 453. The monoisotopic (exact) mass is 571 g/mol. The molecule has 0 fully saturated rings. The van der Waals surface area contributed by atoms with Crippen molar-refractivity contribution in [1.82, 2.24) is 0 Å². The second kappa shape index (κ2) is 36.2. The quantitative estimate of drug-likeness (QED) is 0.0559. The zero-order valence-electron chi connectivity index (χ0n) is 27.4. The van der Waals surface area contributed by atoms with Crippen molar-refractivity contribution < 1.29 is 9.09 Å². The van der Waals surface area contributed by atoms with Crippen LogP contribution < -0.4 is 0 Å². The third-order valence-electron chi connectivity index (χ3n) is 8.50. The van der Waals surface area contributed by atoms with E-state index in [-0.39, 0.29) is 0 Å². The van der Waals surface area contributed by atoms with Crippen LogP contribution in [0, 0.1) is 0 Å². The topological polar surface area (TPSA) is 26.3 Å². The van der Waals surface area contributed by atoms with Gasteiger partial charge in [0.25, 0.3) is 0 Å². The van der Waals surface area contributed by atoms with Gasteiger partial charge in [0, 0.05) is 6.16 Å². The predicted octanol–water partition coefficient (Wildman–Crippen LogP) is 14.0. The van der Waals surface area contributed by atoms with Crippen molar-refractivity contribution in [2.24, 2.45) is 0 Å². The molecule has 0 heterocycles. The fraction of sp³-hybridized carbons (Fsp3) is 1.00. The minimum atomic E-state index is -1.78. The van der Waals surface area contributed by atoms with Crippen LogP contribution >= 0.6 is 8.03 Å². The summed E-state index contributed by atoms with van der Waals surface area (Å²) in [6.07, 6.45) is 45.2. The molecule has 236 valence electrons. The van der Waals surface area contributed by atoms with Gasteiger partial charge in [-0.3, -0.25) is 4.57 Å². The average molecular weight is 571 g/mol.